The number of nitro groups is 1. The van der Waals surface area contributed by atoms with Gasteiger partial charge in [-0.3, -0.25) is 19.7 Å². The first-order chi connectivity index (χ1) is 14.0. The summed E-state index contributed by atoms with van der Waals surface area (Å²) in [6.45, 7) is 1.39. The van der Waals surface area contributed by atoms with Crippen LogP contribution in [0, 0.1) is 10.1 Å². The van der Waals surface area contributed by atoms with Crippen LogP contribution in [0.2, 0.25) is 0 Å². The zero-order valence-electron chi connectivity index (χ0n) is 15.3. The number of piperazine rings is 1. The molecule has 1 fully saturated rings. The predicted octanol–water partition coefficient (Wildman–Crippen LogP) is 1.97. The summed E-state index contributed by atoms with van der Waals surface area (Å²) < 4.78 is 6.65. The van der Waals surface area contributed by atoms with Gasteiger partial charge in [0.1, 0.15) is 5.69 Å². The molecule has 3 aromatic rings. The highest BCUT2D eigenvalue weighted by molar-refractivity contribution is 5.96. The molecule has 0 saturated carbocycles. The zero-order chi connectivity index (χ0) is 20.4. The molecule has 10 heteroatoms. The van der Waals surface area contributed by atoms with Gasteiger partial charge in [0.15, 0.2) is 5.76 Å². The number of rotatable bonds is 4. The van der Waals surface area contributed by atoms with Crippen molar-refractivity contribution in [3.05, 3.63) is 76.8 Å². The first kappa shape index (κ1) is 18.4. The highest BCUT2D eigenvalue weighted by Crippen LogP contribution is 2.25. The molecular weight excluding hydrogens is 378 g/mol. The summed E-state index contributed by atoms with van der Waals surface area (Å²) in [5.41, 5.74) is 0.379. The molecule has 1 saturated heterocycles. The minimum atomic E-state index is -0.522. The van der Waals surface area contributed by atoms with E-state index in [1.165, 1.54) is 35.5 Å². The number of aromatic nitrogens is 2. The van der Waals surface area contributed by atoms with Crippen molar-refractivity contribution in [2.75, 3.05) is 26.2 Å². The molecule has 10 nitrogen and oxygen atoms in total. The third kappa shape index (κ3) is 3.59. The van der Waals surface area contributed by atoms with Crippen LogP contribution in [-0.4, -0.2) is 62.3 Å². The fourth-order valence-corrected chi connectivity index (χ4v) is 3.27. The van der Waals surface area contributed by atoms with E-state index in [2.05, 4.69) is 4.98 Å². The second kappa shape index (κ2) is 7.58. The van der Waals surface area contributed by atoms with E-state index in [1.807, 2.05) is 0 Å². The molecule has 2 amide bonds. The van der Waals surface area contributed by atoms with Crippen molar-refractivity contribution in [3.8, 4) is 5.69 Å². The maximum atomic E-state index is 12.8. The molecule has 1 aliphatic rings. The number of hydrogen-bond acceptors (Lipinski definition) is 6. The molecule has 0 atom stereocenters. The summed E-state index contributed by atoms with van der Waals surface area (Å²) in [6, 6.07) is 7.61. The number of furan rings is 1. The lowest BCUT2D eigenvalue weighted by Gasteiger charge is -2.34. The van der Waals surface area contributed by atoms with E-state index in [9.17, 15) is 19.7 Å². The predicted molar refractivity (Wildman–Crippen MR) is 101 cm³/mol. The molecule has 0 unspecified atom stereocenters. The van der Waals surface area contributed by atoms with Crippen molar-refractivity contribution in [2.24, 2.45) is 0 Å². The Kier molecular flexibility index (Phi) is 4.82. The van der Waals surface area contributed by atoms with Crippen LogP contribution < -0.4 is 0 Å². The highest BCUT2D eigenvalue weighted by Gasteiger charge is 2.28. The number of imidazole rings is 1. The maximum Gasteiger partial charge on any atom is 0.294 e. The Bertz CT molecular complexity index is 1040. The Labute approximate surface area is 165 Å². The van der Waals surface area contributed by atoms with Crippen LogP contribution in [0.4, 0.5) is 5.69 Å². The molecule has 148 valence electrons. The van der Waals surface area contributed by atoms with Crippen molar-refractivity contribution in [1.82, 2.24) is 19.4 Å². The van der Waals surface area contributed by atoms with Gasteiger partial charge in [-0.2, -0.15) is 0 Å². The molecule has 4 rings (SSSR count). The molecule has 0 radical (unpaired) electrons. The lowest BCUT2D eigenvalue weighted by atomic mass is 10.1. The van der Waals surface area contributed by atoms with Crippen molar-refractivity contribution in [2.45, 2.75) is 0 Å². The summed E-state index contributed by atoms with van der Waals surface area (Å²) in [4.78, 5) is 43.2. The van der Waals surface area contributed by atoms with Crippen LogP contribution in [0.1, 0.15) is 20.9 Å². The number of benzene rings is 1. The van der Waals surface area contributed by atoms with E-state index in [0.29, 0.717) is 31.9 Å². The molecule has 1 aliphatic heterocycles. The van der Waals surface area contributed by atoms with Gasteiger partial charge in [0.2, 0.25) is 0 Å². The van der Waals surface area contributed by atoms with Gasteiger partial charge in [-0.05, 0) is 24.3 Å². The Morgan fingerprint density at radius 2 is 1.79 bits per heavy atom. The van der Waals surface area contributed by atoms with Crippen LogP contribution in [0.5, 0.6) is 0 Å². The third-order valence-electron chi connectivity index (χ3n) is 4.79. The van der Waals surface area contributed by atoms with Crippen LogP contribution in [0.25, 0.3) is 5.69 Å². The van der Waals surface area contributed by atoms with Crippen LogP contribution in [0.15, 0.2) is 59.7 Å². The third-order valence-corrected chi connectivity index (χ3v) is 4.79. The Hall–Kier alpha value is -3.95. The molecule has 0 spiro atoms. The van der Waals surface area contributed by atoms with Crippen molar-refractivity contribution < 1.29 is 18.9 Å². The summed E-state index contributed by atoms with van der Waals surface area (Å²) in [6.07, 6.45) is 6.01. The van der Waals surface area contributed by atoms with E-state index in [-0.39, 0.29) is 28.8 Å². The van der Waals surface area contributed by atoms with Gasteiger partial charge < -0.3 is 18.8 Å². The smallest absolute Gasteiger partial charge is 0.294 e. The van der Waals surface area contributed by atoms with Gasteiger partial charge >= 0.3 is 0 Å². The lowest BCUT2D eigenvalue weighted by molar-refractivity contribution is -0.384. The fourth-order valence-electron chi connectivity index (χ4n) is 3.27. The topological polar surface area (TPSA) is 115 Å². The minimum absolute atomic E-state index is 0.180. The second-order valence-corrected chi connectivity index (χ2v) is 6.49. The molecule has 0 bridgehead atoms. The van der Waals surface area contributed by atoms with E-state index in [0.717, 1.165) is 0 Å². The average Bonchev–Trinajstić information content (AvgIpc) is 3.46. The van der Waals surface area contributed by atoms with Gasteiger partial charge in [0, 0.05) is 50.2 Å². The van der Waals surface area contributed by atoms with Crippen molar-refractivity contribution in [1.29, 1.82) is 0 Å². The summed E-state index contributed by atoms with van der Waals surface area (Å²) in [5, 5.41) is 11.5. The van der Waals surface area contributed by atoms with E-state index < -0.39 is 4.92 Å². The Morgan fingerprint density at radius 1 is 1.07 bits per heavy atom. The summed E-state index contributed by atoms with van der Waals surface area (Å²) in [7, 11) is 0. The van der Waals surface area contributed by atoms with Gasteiger partial charge in [0.25, 0.3) is 17.5 Å². The monoisotopic (exact) mass is 395 g/mol. The van der Waals surface area contributed by atoms with Crippen LogP contribution in [-0.2, 0) is 0 Å². The SMILES string of the molecule is O=C(c1ccc(-n2ccnc2)c([N+](=O)[O-])c1)N1CCN(C(=O)c2ccco2)CC1. The van der Waals surface area contributed by atoms with Gasteiger partial charge in [-0.15, -0.1) is 0 Å². The fraction of sp³-hybridized carbons (Fsp3) is 0.211. The molecule has 1 aromatic carbocycles. The van der Waals surface area contributed by atoms with Crippen LogP contribution in [0.3, 0.4) is 0 Å². The first-order valence-electron chi connectivity index (χ1n) is 8.93. The van der Waals surface area contributed by atoms with Crippen molar-refractivity contribution >= 4 is 17.5 Å². The van der Waals surface area contributed by atoms with Gasteiger partial charge in [0.05, 0.1) is 17.5 Å². The maximum absolute atomic E-state index is 12.8. The van der Waals surface area contributed by atoms with Gasteiger partial charge in [-0.1, -0.05) is 0 Å². The molecular formula is C19H17N5O5. The number of carbonyl (C=O) groups is 2. The highest BCUT2D eigenvalue weighted by atomic mass is 16.6. The second-order valence-electron chi connectivity index (χ2n) is 6.49. The zero-order valence-corrected chi connectivity index (χ0v) is 15.3. The standard InChI is InChI=1S/C19H17N5O5/c25-18(21-7-9-22(10-8-21)19(26)17-2-1-11-29-17)14-3-4-15(16(12-14)24(27)28)23-6-5-20-13-23/h1-6,11-13H,7-10H2. The minimum Gasteiger partial charge on any atom is -0.459 e. The lowest BCUT2D eigenvalue weighted by Crippen LogP contribution is -2.50. The van der Waals surface area contributed by atoms with E-state index >= 15 is 0 Å². The number of amides is 2. The van der Waals surface area contributed by atoms with E-state index in [1.54, 1.807) is 34.2 Å². The molecule has 29 heavy (non-hydrogen) atoms. The van der Waals surface area contributed by atoms with E-state index in [4.69, 9.17) is 4.42 Å². The average molecular weight is 395 g/mol. The number of nitrogens with zero attached hydrogens (tertiary/aromatic N) is 5. The molecule has 2 aromatic heterocycles. The van der Waals surface area contributed by atoms with Crippen molar-refractivity contribution in [3.63, 3.8) is 0 Å². The molecule has 3 heterocycles. The Morgan fingerprint density at radius 3 is 2.38 bits per heavy atom. The quantitative estimate of drug-likeness (QED) is 0.493. The number of nitro benzene ring substituents is 1. The van der Waals surface area contributed by atoms with Crippen LogP contribution >= 0.6 is 0 Å². The largest absolute Gasteiger partial charge is 0.459 e. The molecule has 0 aliphatic carbocycles. The summed E-state index contributed by atoms with van der Waals surface area (Å²) >= 11 is 0. The molecule has 0 N–H and O–H groups in total. The summed E-state index contributed by atoms with van der Waals surface area (Å²) in [5.74, 6) is -0.270. The number of carbonyl (C=O) groups excluding carboxylic acids is 2. The number of hydrogen-bond donors (Lipinski definition) is 0. The van der Waals surface area contributed by atoms with Gasteiger partial charge in [-0.25, -0.2) is 4.98 Å². The normalized spacial score (nSPS) is 14.1. The Balaban J connectivity index is 1.48. The first-order valence-corrected chi connectivity index (χ1v) is 8.93.